The molecule has 62 valence electrons. The largest absolute Gasteiger partial charge is 0.396 e. The lowest BCUT2D eigenvalue weighted by Gasteiger charge is -1.93. The third-order valence-electron chi connectivity index (χ3n) is 1.75. The Morgan fingerprint density at radius 2 is 2.25 bits per heavy atom. The number of hydrogen-bond donors (Lipinski definition) is 1. The van der Waals surface area contributed by atoms with E-state index in [-0.39, 0.29) is 11.5 Å². The number of anilines is 1. The van der Waals surface area contributed by atoms with Gasteiger partial charge in [0.15, 0.2) is 5.58 Å². The molecule has 0 aliphatic rings. The third kappa shape index (κ3) is 0.845. The first-order valence-corrected chi connectivity index (χ1v) is 3.49. The quantitative estimate of drug-likeness (QED) is 0.607. The molecule has 0 amide bonds. The van der Waals surface area contributed by atoms with Gasteiger partial charge in [0.05, 0.1) is 11.4 Å². The molecule has 0 saturated heterocycles. The number of aryl methyl sites for hydroxylation is 1. The van der Waals surface area contributed by atoms with Gasteiger partial charge in [-0.1, -0.05) is 5.16 Å². The summed E-state index contributed by atoms with van der Waals surface area (Å²) >= 11 is 0. The summed E-state index contributed by atoms with van der Waals surface area (Å²) in [5, 5.41) is 4.31. The van der Waals surface area contributed by atoms with Crippen LogP contribution in [0.3, 0.4) is 0 Å². The summed E-state index contributed by atoms with van der Waals surface area (Å²) < 4.78 is 17.7. The minimum atomic E-state index is -0.369. The molecule has 0 saturated carbocycles. The van der Waals surface area contributed by atoms with Crippen molar-refractivity contribution in [3.63, 3.8) is 0 Å². The fourth-order valence-corrected chi connectivity index (χ4v) is 1.15. The highest BCUT2D eigenvalue weighted by atomic mass is 19.1. The summed E-state index contributed by atoms with van der Waals surface area (Å²) in [6.07, 6.45) is 0. The van der Waals surface area contributed by atoms with Crippen LogP contribution in [0.1, 0.15) is 5.69 Å². The van der Waals surface area contributed by atoms with Gasteiger partial charge in [0.2, 0.25) is 0 Å². The van der Waals surface area contributed by atoms with Gasteiger partial charge in [0.1, 0.15) is 5.82 Å². The first kappa shape index (κ1) is 7.09. The van der Waals surface area contributed by atoms with Crippen LogP contribution in [0.5, 0.6) is 0 Å². The Labute approximate surface area is 67.9 Å². The number of rotatable bonds is 0. The lowest BCUT2D eigenvalue weighted by atomic mass is 10.2. The molecular formula is C8H7FN2O. The van der Waals surface area contributed by atoms with Gasteiger partial charge in [-0.3, -0.25) is 0 Å². The van der Waals surface area contributed by atoms with Crippen LogP contribution in [-0.2, 0) is 0 Å². The molecule has 0 fully saturated rings. The van der Waals surface area contributed by atoms with Crippen LogP contribution in [0.25, 0.3) is 11.0 Å². The van der Waals surface area contributed by atoms with E-state index in [4.69, 9.17) is 10.3 Å². The summed E-state index contributed by atoms with van der Waals surface area (Å²) in [4.78, 5) is 0. The maximum atomic E-state index is 12.8. The highest BCUT2D eigenvalue weighted by Crippen LogP contribution is 2.24. The maximum Gasteiger partial charge on any atom is 0.190 e. The number of nitrogens with zero attached hydrogens (tertiary/aromatic N) is 1. The van der Waals surface area contributed by atoms with Crippen molar-refractivity contribution in [2.75, 3.05) is 5.73 Å². The van der Waals surface area contributed by atoms with Crippen LogP contribution in [0.15, 0.2) is 16.7 Å². The third-order valence-corrected chi connectivity index (χ3v) is 1.75. The molecule has 12 heavy (non-hydrogen) atoms. The number of aromatic nitrogens is 1. The Hall–Kier alpha value is -1.58. The average molecular weight is 166 g/mol. The Morgan fingerprint density at radius 3 is 3.00 bits per heavy atom. The van der Waals surface area contributed by atoms with E-state index in [1.807, 2.05) is 0 Å². The van der Waals surface area contributed by atoms with Crippen LogP contribution in [-0.4, -0.2) is 5.16 Å². The molecule has 0 unspecified atom stereocenters. The molecule has 0 aliphatic carbocycles. The van der Waals surface area contributed by atoms with Crippen LogP contribution in [0, 0.1) is 12.7 Å². The monoisotopic (exact) mass is 166 g/mol. The predicted octanol–water partition coefficient (Wildman–Crippen LogP) is 1.86. The molecule has 0 spiro atoms. The van der Waals surface area contributed by atoms with Crippen LogP contribution >= 0.6 is 0 Å². The van der Waals surface area contributed by atoms with Crippen LogP contribution in [0.4, 0.5) is 10.1 Å². The smallest absolute Gasteiger partial charge is 0.190 e. The van der Waals surface area contributed by atoms with Crippen molar-refractivity contribution in [2.24, 2.45) is 0 Å². The molecule has 2 aromatic rings. The molecule has 3 nitrogen and oxygen atoms in total. The van der Waals surface area contributed by atoms with Crippen molar-refractivity contribution in [1.82, 2.24) is 5.16 Å². The second kappa shape index (κ2) is 2.20. The summed E-state index contributed by atoms with van der Waals surface area (Å²) in [5.74, 6) is -0.369. The lowest BCUT2D eigenvalue weighted by molar-refractivity contribution is 0.451. The number of fused-ring (bicyclic) bond motifs is 1. The maximum absolute atomic E-state index is 12.8. The second-order valence-electron chi connectivity index (χ2n) is 2.64. The van der Waals surface area contributed by atoms with E-state index in [0.29, 0.717) is 16.7 Å². The minimum Gasteiger partial charge on any atom is -0.396 e. The average Bonchev–Trinajstić information content (AvgIpc) is 2.33. The van der Waals surface area contributed by atoms with Gasteiger partial charge in [0, 0.05) is 11.5 Å². The highest BCUT2D eigenvalue weighted by molar-refractivity contribution is 5.89. The van der Waals surface area contributed by atoms with Crippen LogP contribution in [0.2, 0.25) is 0 Å². The van der Waals surface area contributed by atoms with Crippen molar-refractivity contribution >= 4 is 16.7 Å². The molecule has 0 bridgehead atoms. The van der Waals surface area contributed by atoms with Crippen molar-refractivity contribution in [3.8, 4) is 0 Å². The van der Waals surface area contributed by atoms with Gasteiger partial charge in [-0.05, 0) is 13.0 Å². The van der Waals surface area contributed by atoms with Gasteiger partial charge >= 0.3 is 0 Å². The Balaban J connectivity index is 2.92. The molecule has 2 rings (SSSR count). The zero-order chi connectivity index (χ0) is 8.72. The summed E-state index contributed by atoms with van der Waals surface area (Å²) in [6, 6.07) is 2.57. The van der Waals surface area contributed by atoms with E-state index < -0.39 is 0 Å². The van der Waals surface area contributed by atoms with Gasteiger partial charge in [-0.15, -0.1) is 0 Å². The molecule has 0 aliphatic heterocycles. The number of hydrogen-bond acceptors (Lipinski definition) is 3. The van der Waals surface area contributed by atoms with Crippen molar-refractivity contribution < 1.29 is 8.91 Å². The standard InChI is InChI=1S/C8H7FN2O/c1-4-6-2-5(9)3-7(10)8(6)12-11-4/h2-3H,10H2,1H3. The summed E-state index contributed by atoms with van der Waals surface area (Å²) in [6.45, 7) is 1.74. The SMILES string of the molecule is Cc1noc2c(N)cc(F)cc12. The fourth-order valence-electron chi connectivity index (χ4n) is 1.15. The normalized spacial score (nSPS) is 10.8. The van der Waals surface area contributed by atoms with E-state index in [2.05, 4.69) is 5.16 Å². The Bertz CT molecular complexity index is 436. The molecule has 0 radical (unpaired) electrons. The summed E-state index contributed by atoms with van der Waals surface area (Å²) in [7, 11) is 0. The van der Waals surface area contributed by atoms with E-state index in [9.17, 15) is 4.39 Å². The first-order chi connectivity index (χ1) is 5.68. The van der Waals surface area contributed by atoms with Crippen molar-refractivity contribution in [2.45, 2.75) is 6.92 Å². The van der Waals surface area contributed by atoms with Crippen molar-refractivity contribution in [1.29, 1.82) is 0 Å². The van der Waals surface area contributed by atoms with Crippen molar-refractivity contribution in [3.05, 3.63) is 23.6 Å². The Morgan fingerprint density at radius 1 is 1.50 bits per heavy atom. The van der Waals surface area contributed by atoms with Gasteiger partial charge < -0.3 is 10.3 Å². The van der Waals surface area contributed by atoms with E-state index in [1.54, 1.807) is 6.92 Å². The number of halogens is 1. The van der Waals surface area contributed by atoms with Crippen LogP contribution < -0.4 is 5.73 Å². The number of nitrogen functional groups attached to an aromatic ring is 1. The highest BCUT2D eigenvalue weighted by Gasteiger charge is 2.08. The molecule has 4 heteroatoms. The Kier molecular flexibility index (Phi) is 1.30. The van der Waals surface area contributed by atoms with Gasteiger partial charge in [0.25, 0.3) is 0 Å². The summed E-state index contributed by atoms with van der Waals surface area (Å²) in [5.41, 5.74) is 6.88. The van der Waals surface area contributed by atoms with E-state index in [0.717, 1.165) is 0 Å². The number of benzene rings is 1. The molecular weight excluding hydrogens is 159 g/mol. The fraction of sp³-hybridized carbons (Fsp3) is 0.125. The first-order valence-electron chi connectivity index (χ1n) is 3.49. The van der Waals surface area contributed by atoms with E-state index in [1.165, 1.54) is 12.1 Å². The minimum absolute atomic E-state index is 0.283. The van der Waals surface area contributed by atoms with Gasteiger partial charge in [-0.2, -0.15) is 0 Å². The molecule has 1 aromatic carbocycles. The zero-order valence-electron chi connectivity index (χ0n) is 6.47. The molecule has 2 N–H and O–H groups in total. The second-order valence-corrected chi connectivity index (χ2v) is 2.64. The van der Waals surface area contributed by atoms with Gasteiger partial charge in [-0.25, -0.2) is 4.39 Å². The van der Waals surface area contributed by atoms with E-state index >= 15 is 0 Å². The topological polar surface area (TPSA) is 52.0 Å². The zero-order valence-corrected chi connectivity index (χ0v) is 6.47. The molecule has 0 atom stereocenters. The lowest BCUT2D eigenvalue weighted by Crippen LogP contribution is -1.86. The number of nitrogens with two attached hydrogens (primary N) is 1. The predicted molar refractivity (Wildman–Crippen MR) is 43.1 cm³/mol. The molecule has 1 heterocycles. The molecule has 1 aromatic heterocycles.